The molecule has 0 spiro atoms. The zero-order chi connectivity index (χ0) is 27.8. The Morgan fingerprint density at radius 1 is 1.05 bits per heavy atom. The number of benzene rings is 1. The molecule has 1 aromatic carbocycles. The first-order valence-electron chi connectivity index (χ1n) is 12.8. The van der Waals surface area contributed by atoms with Crippen LogP contribution in [0.4, 0.5) is 34.6 Å². The van der Waals surface area contributed by atoms with Gasteiger partial charge in [-0.05, 0) is 50.7 Å². The number of anilines is 6. The van der Waals surface area contributed by atoms with Crippen LogP contribution in [0.2, 0.25) is 0 Å². The molecule has 12 heteroatoms. The third-order valence-electron chi connectivity index (χ3n) is 6.41. The summed E-state index contributed by atoms with van der Waals surface area (Å²) in [5.74, 6) is 2.81. The predicted molar refractivity (Wildman–Crippen MR) is 151 cm³/mol. The first kappa shape index (κ1) is 27.6. The number of hydrogen-bond acceptors (Lipinski definition) is 10. The molecule has 0 aliphatic carbocycles. The lowest BCUT2D eigenvalue weighted by molar-refractivity contribution is -0.123. The molecule has 0 unspecified atom stereocenters. The van der Waals surface area contributed by atoms with Gasteiger partial charge in [0.15, 0.2) is 6.61 Å². The lowest BCUT2D eigenvalue weighted by Gasteiger charge is -2.33. The minimum Gasteiger partial charge on any atom is -0.483 e. The molecule has 0 saturated carbocycles. The Bertz CT molecular complexity index is 1280. The lowest BCUT2D eigenvalue weighted by atomic mass is 10.2. The second-order valence-electron chi connectivity index (χ2n) is 9.29. The van der Waals surface area contributed by atoms with Crippen LogP contribution in [-0.2, 0) is 9.59 Å². The monoisotopic (exact) mass is 534 g/mol. The van der Waals surface area contributed by atoms with Crippen molar-refractivity contribution in [3.8, 4) is 5.75 Å². The Morgan fingerprint density at radius 3 is 2.49 bits per heavy atom. The number of hydrogen-bond donors (Lipinski definition) is 3. The molecule has 4 heterocycles. The fraction of sp³-hybridized carbons (Fsp3) is 0.370. The molecular weight excluding hydrogens is 500 g/mol. The zero-order valence-electron chi connectivity index (χ0n) is 22.4. The van der Waals surface area contributed by atoms with Gasteiger partial charge in [-0.2, -0.15) is 4.98 Å². The number of pyridine rings is 1. The minimum absolute atomic E-state index is 0.0292. The van der Waals surface area contributed by atoms with Crippen molar-refractivity contribution in [1.82, 2.24) is 19.9 Å². The van der Waals surface area contributed by atoms with Crippen LogP contribution >= 0.6 is 0 Å². The molecule has 1 fully saturated rings. The molecular formula is C27H34N8O4. The first-order valence-corrected chi connectivity index (χ1v) is 12.8. The van der Waals surface area contributed by atoms with Crippen molar-refractivity contribution in [1.29, 1.82) is 0 Å². The van der Waals surface area contributed by atoms with Crippen LogP contribution in [0.1, 0.15) is 18.9 Å². The molecule has 0 bridgehead atoms. The Hall–Kier alpha value is -4.45. The lowest BCUT2D eigenvalue weighted by Crippen LogP contribution is -2.44. The van der Waals surface area contributed by atoms with E-state index in [4.69, 9.17) is 14.6 Å². The van der Waals surface area contributed by atoms with E-state index < -0.39 is 0 Å². The van der Waals surface area contributed by atoms with Crippen LogP contribution in [0.5, 0.6) is 5.75 Å². The van der Waals surface area contributed by atoms with Gasteiger partial charge in [0.05, 0.1) is 17.6 Å². The number of piperazine rings is 1. The minimum atomic E-state index is -0.250. The van der Waals surface area contributed by atoms with Gasteiger partial charge in [-0.15, -0.1) is 0 Å². The number of carbonyl (C=O) groups is 2. The average Bonchev–Trinajstić information content (AvgIpc) is 2.94. The maximum Gasteiger partial charge on any atom is 0.290 e. The molecule has 206 valence electrons. The van der Waals surface area contributed by atoms with E-state index in [-0.39, 0.29) is 19.0 Å². The number of carboxylic acid groups (broad SMARTS) is 1. The molecule has 1 saturated heterocycles. The molecule has 3 N–H and O–H groups in total. The van der Waals surface area contributed by atoms with Gasteiger partial charge in [-0.25, -0.2) is 9.97 Å². The average molecular weight is 535 g/mol. The molecule has 1 amide bonds. The molecule has 0 radical (unpaired) electrons. The second-order valence-corrected chi connectivity index (χ2v) is 9.29. The number of likely N-dealkylation sites (N-methyl/N-ethyl adjacent to an activating group) is 1. The van der Waals surface area contributed by atoms with Crippen LogP contribution < -0.4 is 25.2 Å². The summed E-state index contributed by atoms with van der Waals surface area (Å²) in [5.41, 5.74) is 3.32. The van der Waals surface area contributed by atoms with Crippen LogP contribution in [0, 0.1) is 6.92 Å². The number of carbonyl (C=O) groups excluding carboxylic acids is 1. The fourth-order valence-corrected chi connectivity index (χ4v) is 4.33. The van der Waals surface area contributed by atoms with E-state index in [0.717, 1.165) is 61.0 Å². The van der Waals surface area contributed by atoms with Crippen molar-refractivity contribution in [2.75, 3.05) is 66.8 Å². The molecule has 2 aliphatic heterocycles. The van der Waals surface area contributed by atoms with E-state index in [9.17, 15) is 4.79 Å². The third kappa shape index (κ3) is 6.90. The fourth-order valence-electron chi connectivity index (χ4n) is 4.33. The highest BCUT2D eigenvalue weighted by Gasteiger charge is 2.25. The zero-order valence-corrected chi connectivity index (χ0v) is 22.4. The molecule has 39 heavy (non-hydrogen) atoms. The van der Waals surface area contributed by atoms with Gasteiger partial charge < -0.3 is 35.2 Å². The Morgan fingerprint density at radius 2 is 1.79 bits per heavy atom. The number of nitrogens with zero attached hydrogens (tertiary/aromatic N) is 6. The van der Waals surface area contributed by atoms with Crippen LogP contribution in [0.25, 0.3) is 0 Å². The van der Waals surface area contributed by atoms with Gasteiger partial charge >= 0.3 is 0 Å². The SMILES string of the molecule is CCCN1C(=O)COc2ccc(Nc3nc(Nc4ccc(N5CCN(C)CC5)nc4)ncc3C)cc21.O=CO. The molecule has 0 atom stereocenters. The van der Waals surface area contributed by atoms with Gasteiger partial charge in [0.1, 0.15) is 17.4 Å². The first-order chi connectivity index (χ1) is 18.9. The van der Waals surface area contributed by atoms with Crippen molar-refractivity contribution < 1.29 is 19.4 Å². The van der Waals surface area contributed by atoms with Crippen molar-refractivity contribution in [2.45, 2.75) is 20.3 Å². The number of amides is 1. The molecule has 3 aromatic rings. The van der Waals surface area contributed by atoms with E-state index in [2.05, 4.69) is 49.4 Å². The van der Waals surface area contributed by atoms with Crippen LogP contribution in [0.3, 0.4) is 0 Å². The normalized spacial score (nSPS) is 15.0. The highest BCUT2D eigenvalue weighted by Crippen LogP contribution is 2.35. The smallest absolute Gasteiger partial charge is 0.290 e. The highest BCUT2D eigenvalue weighted by molar-refractivity contribution is 5.98. The quantitative estimate of drug-likeness (QED) is 0.385. The van der Waals surface area contributed by atoms with Gasteiger partial charge in [0.25, 0.3) is 12.4 Å². The maximum atomic E-state index is 12.4. The second kappa shape index (κ2) is 12.9. The number of aromatic nitrogens is 3. The summed E-state index contributed by atoms with van der Waals surface area (Å²) < 4.78 is 5.61. The number of rotatable bonds is 7. The number of nitrogens with one attached hydrogen (secondary N) is 2. The summed E-state index contributed by atoms with van der Waals surface area (Å²) in [4.78, 5) is 40.9. The standard InChI is InChI=1S/C26H32N8O2.CH2O2/c1-4-9-34-21-14-19(5-7-22(21)36-17-24(34)35)29-25-18(2)15-28-26(31-25)30-20-6-8-23(27-16-20)33-12-10-32(3)11-13-33;2-1-3/h5-8,14-16H,4,9-13,17H2,1-3H3,(H2,28,29,30,31);1H,(H,2,3). The van der Waals surface area contributed by atoms with Crippen molar-refractivity contribution >= 4 is 47.0 Å². The Labute approximate surface area is 227 Å². The summed E-state index contributed by atoms with van der Waals surface area (Å²) in [5, 5.41) is 13.5. The number of ether oxygens (including phenoxy) is 1. The largest absolute Gasteiger partial charge is 0.483 e. The van der Waals surface area contributed by atoms with Crippen LogP contribution in [-0.4, -0.2) is 83.7 Å². The topological polar surface area (TPSA) is 136 Å². The summed E-state index contributed by atoms with van der Waals surface area (Å²) in [7, 11) is 2.14. The summed E-state index contributed by atoms with van der Waals surface area (Å²) in [6.45, 7) is 8.52. The van der Waals surface area contributed by atoms with E-state index in [0.29, 0.717) is 24.1 Å². The summed E-state index contributed by atoms with van der Waals surface area (Å²) in [6.07, 6.45) is 4.46. The molecule has 2 aliphatic rings. The van der Waals surface area contributed by atoms with Gasteiger partial charge in [-0.3, -0.25) is 9.59 Å². The molecule has 5 rings (SSSR count). The van der Waals surface area contributed by atoms with E-state index >= 15 is 0 Å². The maximum absolute atomic E-state index is 12.4. The molecule has 2 aromatic heterocycles. The number of aryl methyl sites for hydroxylation is 1. The Kier molecular flexibility index (Phi) is 9.10. The van der Waals surface area contributed by atoms with E-state index in [1.807, 2.05) is 43.5 Å². The number of fused-ring (bicyclic) bond motifs is 1. The predicted octanol–water partition coefficient (Wildman–Crippen LogP) is 3.26. The van der Waals surface area contributed by atoms with E-state index in [1.165, 1.54) is 0 Å². The van der Waals surface area contributed by atoms with Gasteiger partial charge in [0.2, 0.25) is 5.95 Å². The summed E-state index contributed by atoms with van der Waals surface area (Å²) in [6, 6.07) is 9.77. The van der Waals surface area contributed by atoms with Gasteiger partial charge in [-0.1, -0.05) is 6.92 Å². The molecule has 12 nitrogen and oxygen atoms in total. The van der Waals surface area contributed by atoms with Crippen molar-refractivity contribution in [3.63, 3.8) is 0 Å². The van der Waals surface area contributed by atoms with Crippen molar-refractivity contribution in [2.24, 2.45) is 0 Å². The summed E-state index contributed by atoms with van der Waals surface area (Å²) >= 11 is 0. The third-order valence-corrected chi connectivity index (χ3v) is 6.41. The van der Waals surface area contributed by atoms with Crippen LogP contribution in [0.15, 0.2) is 42.7 Å². The van der Waals surface area contributed by atoms with Crippen molar-refractivity contribution in [3.05, 3.63) is 48.3 Å². The Balaban J connectivity index is 0.00000112. The highest BCUT2D eigenvalue weighted by atomic mass is 16.5. The van der Waals surface area contributed by atoms with Gasteiger partial charge in [0, 0.05) is 50.2 Å². The van der Waals surface area contributed by atoms with E-state index in [1.54, 1.807) is 11.1 Å².